The third-order valence-corrected chi connectivity index (χ3v) is 8.72. The first-order chi connectivity index (χ1) is 19.7. The second kappa shape index (κ2) is 8.97. The Labute approximate surface area is 242 Å². The van der Waals surface area contributed by atoms with E-state index in [1.165, 1.54) is 33.4 Å². The number of rotatable bonds is 3. The molecule has 0 radical (unpaired) electrons. The van der Waals surface area contributed by atoms with E-state index in [2.05, 4.69) is 166 Å². The Morgan fingerprint density at radius 1 is 0.450 bits per heavy atom. The van der Waals surface area contributed by atoms with Gasteiger partial charge in [-0.05, 0) is 82.9 Å². The highest BCUT2D eigenvalue weighted by Crippen LogP contribution is 2.62. The quantitative estimate of drug-likeness (QED) is 0.207. The molecule has 0 saturated heterocycles. The van der Waals surface area contributed by atoms with E-state index in [1.807, 2.05) is 0 Å². The van der Waals surface area contributed by atoms with E-state index in [-0.39, 0.29) is 0 Å². The summed E-state index contributed by atoms with van der Waals surface area (Å²) in [5.74, 6) is 1.81. The molecule has 0 atom stereocenters. The Hall–Kier alpha value is -4.60. The third-order valence-electron chi connectivity index (χ3n) is 8.19. The molecular formula is C37H24BrNO. The van der Waals surface area contributed by atoms with Crippen molar-refractivity contribution in [2.24, 2.45) is 0 Å². The predicted octanol–water partition coefficient (Wildman–Crippen LogP) is 10.4. The van der Waals surface area contributed by atoms with Crippen molar-refractivity contribution in [1.82, 2.24) is 0 Å². The van der Waals surface area contributed by atoms with Gasteiger partial charge in [0.25, 0.3) is 0 Å². The number of ether oxygens (including phenoxy) is 1. The Bertz CT molecular complexity index is 1850. The number of hydrogen-bond acceptors (Lipinski definition) is 2. The molecule has 0 fully saturated rings. The van der Waals surface area contributed by atoms with Crippen LogP contribution in [0.25, 0.3) is 11.1 Å². The molecule has 1 spiro atoms. The van der Waals surface area contributed by atoms with Crippen molar-refractivity contribution in [1.29, 1.82) is 0 Å². The molecule has 0 aromatic heterocycles. The lowest BCUT2D eigenvalue weighted by atomic mass is 9.66. The molecule has 8 rings (SSSR count). The summed E-state index contributed by atoms with van der Waals surface area (Å²) in [5.41, 5.74) is 10.3. The van der Waals surface area contributed by atoms with E-state index >= 15 is 0 Å². The minimum absolute atomic E-state index is 0.491. The lowest BCUT2D eigenvalue weighted by Gasteiger charge is -2.39. The van der Waals surface area contributed by atoms with Crippen LogP contribution in [0.5, 0.6) is 11.5 Å². The summed E-state index contributed by atoms with van der Waals surface area (Å²) < 4.78 is 7.57. The molecule has 3 heteroatoms. The number of halogens is 1. The van der Waals surface area contributed by atoms with Crippen LogP contribution in [0, 0.1) is 0 Å². The van der Waals surface area contributed by atoms with Gasteiger partial charge in [-0.1, -0.05) is 101 Å². The van der Waals surface area contributed by atoms with Gasteiger partial charge in [0, 0.05) is 32.7 Å². The molecule has 1 heterocycles. The summed E-state index contributed by atoms with van der Waals surface area (Å²) in [5, 5.41) is 0. The third kappa shape index (κ3) is 3.28. The van der Waals surface area contributed by atoms with Crippen LogP contribution in [0.1, 0.15) is 22.3 Å². The summed E-state index contributed by atoms with van der Waals surface area (Å²) in [6, 6.07) is 51.9. The van der Waals surface area contributed by atoms with Crippen LogP contribution in [0.2, 0.25) is 0 Å². The van der Waals surface area contributed by atoms with Crippen LogP contribution in [-0.4, -0.2) is 0 Å². The summed E-state index contributed by atoms with van der Waals surface area (Å²) in [7, 11) is 0. The smallest absolute Gasteiger partial charge is 0.132 e. The van der Waals surface area contributed by atoms with Gasteiger partial charge >= 0.3 is 0 Å². The molecule has 6 aromatic rings. The number of fused-ring (bicyclic) bond motifs is 9. The Balaban J connectivity index is 1.45. The number of para-hydroxylation sites is 3. The van der Waals surface area contributed by atoms with Crippen LogP contribution < -0.4 is 9.64 Å². The summed E-state index contributed by atoms with van der Waals surface area (Å²) in [4.78, 5) is 2.33. The first kappa shape index (κ1) is 23.3. The van der Waals surface area contributed by atoms with Crippen molar-refractivity contribution in [3.8, 4) is 22.6 Å². The highest BCUT2D eigenvalue weighted by atomic mass is 79.9. The van der Waals surface area contributed by atoms with E-state index < -0.39 is 5.41 Å². The van der Waals surface area contributed by atoms with Gasteiger partial charge in [0.1, 0.15) is 11.5 Å². The molecule has 0 unspecified atom stereocenters. The minimum Gasteiger partial charge on any atom is -0.457 e. The van der Waals surface area contributed by atoms with Gasteiger partial charge in [-0.2, -0.15) is 0 Å². The number of anilines is 3. The zero-order valence-corrected chi connectivity index (χ0v) is 23.2. The molecule has 2 nitrogen and oxygen atoms in total. The fourth-order valence-corrected chi connectivity index (χ4v) is 6.86. The van der Waals surface area contributed by atoms with Crippen LogP contribution in [0.3, 0.4) is 0 Å². The molecule has 0 amide bonds. The molecule has 1 aliphatic carbocycles. The summed E-state index contributed by atoms with van der Waals surface area (Å²) in [6.07, 6.45) is 0. The molecule has 6 aromatic carbocycles. The lowest BCUT2D eigenvalue weighted by molar-refractivity contribution is 0.436. The highest BCUT2D eigenvalue weighted by Gasteiger charge is 2.51. The van der Waals surface area contributed by atoms with Crippen molar-refractivity contribution in [2.75, 3.05) is 4.90 Å². The molecule has 0 N–H and O–H groups in total. The molecule has 190 valence electrons. The maximum Gasteiger partial charge on any atom is 0.132 e. The largest absolute Gasteiger partial charge is 0.457 e. The van der Waals surface area contributed by atoms with Crippen LogP contribution in [0.4, 0.5) is 17.1 Å². The van der Waals surface area contributed by atoms with E-state index in [0.717, 1.165) is 33.0 Å². The molecule has 0 bridgehead atoms. The van der Waals surface area contributed by atoms with E-state index in [4.69, 9.17) is 4.74 Å². The summed E-state index contributed by atoms with van der Waals surface area (Å²) >= 11 is 3.61. The minimum atomic E-state index is -0.491. The second-order valence-corrected chi connectivity index (χ2v) is 11.2. The zero-order chi connectivity index (χ0) is 26.7. The highest BCUT2D eigenvalue weighted by molar-refractivity contribution is 9.10. The predicted molar refractivity (Wildman–Crippen MR) is 166 cm³/mol. The van der Waals surface area contributed by atoms with Crippen molar-refractivity contribution in [3.05, 3.63) is 172 Å². The Kier molecular flexibility index (Phi) is 5.23. The zero-order valence-electron chi connectivity index (χ0n) is 21.6. The van der Waals surface area contributed by atoms with Crippen molar-refractivity contribution < 1.29 is 4.74 Å². The van der Waals surface area contributed by atoms with Gasteiger partial charge in [0.15, 0.2) is 0 Å². The van der Waals surface area contributed by atoms with Crippen molar-refractivity contribution in [2.45, 2.75) is 5.41 Å². The summed E-state index contributed by atoms with van der Waals surface area (Å²) in [6.45, 7) is 0. The molecule has 40 heavy (non-hydrogen) atoms. The molecule has 0 saturated carbocycles. The van der Waals surface area contributed by atoms with Gasteiger partial charge in [0.05, 0.1) is 5.41 Å². The maximum atomic E-state index is 6.51. The van der Waals surface area contributed by atoms with E-state index in [9.17, 15) is 0 Å². The van der Waals surface area contributed by atoms with Gasteiger partial charge in [-0.3, -0.25) is 0 Å². The number of benzene rings is 6. The van der Waals surface area contributed by atoms with Crippen molar-refractivity contribution in [3.63, 3.8) is 0 Å². The SMILES string of the molecule is Brc1ccc(N(c2ccccc2)c2ccc3c(c2)C2(c4ccccc4Oc4ccccc42)c2ccccc2-3)cc1. The topological polar surface area (TPSA) is 12.5 Å². The molecular weight excluding hydrogens is 554 g/mol. The Morgan fingerprint density at radius 3 is 1.68 bits per heavy atom. The number of hydrogen-bond donors (Lipinski definition) is 0. The first-order valence-corrected chi connectivity index (χ1v) is 14.3. The van der Waals surface area contributed by atoms with Crippen LogP contribution >= 0.6 is 15.9 Å². The maximum absolute atomic E-state index is 6.51. The average Bonchev–Trinajstić information content (AvgIpc) is 3.29. The van der Waals surface area contributed by atoms with Crippen LogP contribution in [0.15, 0.2) is 150 Å². The van der Waals surface area contributed by atoms with Crippen LogP contribution in [-0.2, 0) is 5.41 Å². The fraction of sp³-hybridized carbons (Fsp3) is 0.0270. The van der Waals surface area contributed by atoms with Gasteiger partial charge in [-0.25, -0.2) is 0 Å². The average molecular weight is 579 g/mol. The lowest BCUT2D eigenvalue weighted by Crippen LogP contribution is -2.32. The second-order valence-electron chi connectivity index (χ2n) is 10.3. The van der Waals surface area contributed by atoms with Crippen molar-refractivity contribution >= 4 is 33.0 Å². The standard InChI is InChI=1S/C37H24BrNO/c38-25-18-20-27(21-19-25)39(26-10-2-1-3-11-26)28-22-23-30-29-12-4-5-13-31(29)37(34(30)24-28)32-14-6-8-16-35(32)40-36-17-9-7-15-33(36)37/h1-24H. The molecule has 1 aliphatic heterocycles. The van der Waals surface area contributed by atoms with E-state index in [0.29, 0.717) is 0 Å². The normalized spacial score (nSPS) is 13.5. The Morgan fingerprint density at radius 2 is 0.975 bits per heavy atom. The molecule has 2 aliphatic rings. The van der Waals surface area contributed by atoms with Gasteiger partial charge in [-0.15, -0.1) is 0 Å². The monoisotopic (exact) mass is 577 g/mol. The van der Waals surface area contributed by atoms with E-state index in [1.54, 1.807) is 0 Å². The first-order valence-electron chi connectivity index (χ1n) is 13.5. The van der Waals surface area contributed by atoms with Gasteiger partial charge in [0.2, 0.25) is 0 Å². The fourth-order valence-electron chi connectivity index (χ4n) is 6.60. The van der Waals surface area contributed by atoms with Gasteiger partial charge < -0.3 is 9.64 Å². The number of nitrogens with zero attached hydrogens (tertiary/aromatic N) is 1.